The molecular weight excluding hydrogens is 433 g/mol. The zero-order valence-electron chi connectivity index (χ0n) is 18.5. The summed E-state index contributed by atoms with van der Waals surface area (Å²) >= 11 is 0. The van der Waals surface area contributed by atoms with Crippen molar-refractivity contribution in [3.05, 3.63) is 108 Å². The topological polar surface area (TPSA) is 43.4 Å². The number of nitrogens with zero attached hydrogens (tertiary/aromatic N) is 3. The lowest BCUT2D eigenvalue weighted by Crippen LogP contribution is -2.55. The van der Waals surface area contributed by atoms with Crippen LogP contribution >= 0.6 is 0 Å². The second-order valence-corrected chi connectivity index (χ2v) is 9.35. The maximum absolute atomic E-state index is 14.3. The van der Waals surface area contributed by atoms with Gasteiger partial charge in [-0.2, -0.15) is 0 Å². The third kappa shape index (κ3) is 1.90. The minimum absolute atomic E-state index is 0.0163. The minimum Gasteiger partial charge on any atom is -0.451 e. The van der Waals surface area contributed by atoms with E-state index < -0.39 is 0 Å². The molecule has 5 nitrogen and oxygen atoms in total. The van der Waals surface area contributed by atoms with Gasteiger partial charge < -0.3 is 4.42 Å². The third-order valence-electron chi connectivity index (χ3n) is 7.70. The van der Waals surface area contributed by atoms with E-state index in [9.17, 15) is 4.79 Å². The Balaban J connectivity index is 1.71. The first-order chi connectivity index (χ1) is 17.3. The van der Waals surface area contributed by atoms with Crippen molar-refractivity contribution < 1.29 is 4.42 Å². The fraction of sp³-hybridized carbons (Fsp3) is 0. The van der Waals surface area contributed by atoms with Crippen LogP contribution in [0.15, 0.2) is 106 Å². The molecule has 0 N–H and O–H groups in total. The fourth-order valence-corrected chi connectivity index (χ4v) is 6.41. The number of rotatable bonds is 1. The second kappa shape index (κ2) is 5.85. The van der Waals surface area contributed by atoms with Gasteiger partial charge in [-0.25, -0.2) is 13.6 Å². The largest absolute Gasteiger partial charge is 0.451 e. The Morgan fingerprint density at radius 1 is 0.629 bits per heavy atom. The van der Waals surface area contributed by atoms with Crippen molar-refractivity contribution in [1.29, 1.82) is 0 Å². The molecule has 5 heterocycles. The van der Waals surface area contributed by atoms with Gasteiger partial charge >= 0.3 is 5.69 Å². The van der Waals surface area contributed by atoms with Crippen LogP contribution in [0, 0.1) is 0 Å². The Bertz CT molecular complexity index is 2250. The smallest absolute Gasteiger partial charge is 0.340 e. The molecule has 4 aromatic carbocycles. The van der Waals surface area contributed by atoms with Gasteiger partial charge in [-0.3, -0.25) is 4.40 Å². The fourth-order valence-electron chi connectivity index (χ4n) is 6.41. The highest BCUT2D eigenvalue weighted by molar-refractivity contribution is 6.99. The van der Waals surface area contributed by atoms with E-state index in [2.05, 4.69) is 59.0 Å². The van der Waals surface area contributed by atoms with Crippen LogP contribution in [-0.4, -0.2) is 19.9 Å². The summed E-state index contributed by atoms with van der Waals surface area (Å²) in [4.78, 5) is 14.3. The predicted octanol–water partition coefficient (Wildman–Crippen LogP) is 3.69. The summed E-state index contributed by atoms with van der Waals surface area (Å²) in [6.45, 7) is -0.0163. The molecule has 6 heteroatoms. The molecule has 0 saturated carbocycles. The molecule has 8 aromatic rings. The molecule has 1 aliphatic rings. The van der Waals surface area contributed by atoms with Crippen molar-refractivity contribution >= 4 is 72.9 Å². The standard InChI is InChI=1S/C29H16BN3O2/c34-29-31-21-14-6-4-11-18(21)24-27(31)33-25-20(30(24)17-9-2-1-3-10-17)13-8-16-23(25)35-26-19-12-5-7-15-22(19)32(29)28(26)33/h1-16H. The van der Waals surface area contributed by atoms with Crippen molar-refractivity contribution in [2.24, 2.45) is 0 Å². The quantitative estimate of drug-likeness (QED) is 0.284. The second-order valence-electron chi connectivity index (χ2n) is 9.35. The molecule has 0 fully saturated rings. The average molecular weight is 449 g/mol. The van der Waals surface area contributed by atoms with E-state index in [1.54, 1.807) is 0 Å². The summed E-state index contributed by atoms with van der Waals surface area (Å²) in [6, 6.07) is 33.1. The monoisotopic (exact) mass is 449 g/mol. The average Bonchev–Trinajstić information content (AvgIpc) is 3.43. The van der Waals surface area contributed by atoms with Crippen LogP contribution in [0.5, 0.6) is 0 Å². The van der Waals surface area contributed by atoms with Gasteiger partial charge in [0.05, 0.1) is 16.6 Å². The first-order valence-electron chi connectivity index (χ1n) is 11.8. The lowest BCUT2D eigenvalue weighted by Gasteiger charge is -2.24. The molecule has 0 bridgehead atoms. The number of aromatic nitrogens is 3. The van der Waals surface area contributed by atoms with E-state index in [4.69, 9.17) is 4.42 Å². The van der Waals surface area contributed by atoms with E-state index in [-0.39, 0.29) is 12.4 Å². The number of para-hydroxylation sites is 3. The van der Waals surface area contributed by atoms with Crippen LogP contribution in [0.25, 0.3) is 49.8 Å². The van der Waals surface area contributed by atoms with Crippen LogP contribution in [0.2, 0.25) is 0 Å². The van der Waals surface area contributed by atoms with Gasteiger partial charge in [0.15, 0.2) is 16.8 Å². The van der Waals surface area contributed by atoms with Crippen LogP contribution in [0.1, 0.15) is 0 Å². The zero-order valence-corrected chi connectivity index (χ0v) is 18.5. The third-order valence-corrected chi connectivity index (χ3v) is 7.70. The van der Waals surface area contributed by atoms with Crippen molar-refractivity contribution in [2.75, 3.05) is 0 Å². The summed E-state index contributed by atoms with van der Waals surface area (Å²) in [5.41, 5.74) is 9.52. The molecule has 1 aliphatic heterocycles. The highest BCUT2D eigenvalue weighted by Gasteiger charge is 2.37. The maximum atomic E-state index is 14.3. The Morgan fingerprint density at radius 3 is 2.14 bits per heavy atom. The van der Waals surface area contributed by atoms with E-state index in [0.717, 1.165) is 55.2 Å². The highest BCUT2D eigenvalue weighted by Crippen LogP contribution is 2.34. The molecule has 35 heavy (non-hydrogen) atoms. The summed E-state index contributed by atoms with van der Waals surface area (Å²) < 4.78 is 12.6. The maximum Gasteiger partial charge on any atom is 0.340 e. The van der Waals surface area contributed by atoms with Crippen LogP contribution < -0.4 is 22.1 Å². The Hall–Kier alpha value is -4.71. The van der Waals surface area contributed by atoms with E-state index >= 15 is 0 Å². The Kier molecular flexibility index (Phi) is 2.97. The number of fused-ring (bicyclic) bond motifs is 6. The molecule has 0 amide bonds. The molecule has 0 radical (unpaired) electrons. The Morgan fingerprint density at radius 2 is 1.31 bits per heavy atom. The zero-order chi connectivity index (χ0) is 22.8. The van der Waals surface area contributed by atoms with Gasteiger partial charge in [0.25, 0.3) is 0 Å². The summed E-state index contributed by atoms with van der Waals surface area (Å²) in [5, 5.41) is 2.04. The van der Waals surface area contributed by atoms with E-state index in [1.807, 2.05) is 51.3 Å². The molecule has 4 aromatic heterocycles. The number of benzene rings is 4. The van der Waals surface area contributed by atoms with Crippen molar-refractivity contribution in [3.8, 4) is 0 Å². The molecule has 162 valence electrons. The van der Waals surface area contributed by atoms with Crippen LogP contribution in [0.4, 0.5) is 0 Å². The molecule has 9 rings (SSSR count). The van der Waals surface area contributed by atoms with Gasteiger partial charge in [0.1, 0.15) is 5.65 Å². The number of hydrogen-bond acceptors (Lipinski definition) is 2. The summed E-state index contributed by atoms with van der Waals surface area (Å²) in [6.07, 6.45) is 0. The van der Waals surface area contributed by atoms with E-state index in [0.29, 0.717) is 0 Å². The van der Waals surface area contributed by atoms with Gasteiger partial charge in [-0.05, 0) is 40.6 Å². The van der Waals surface area contributed by atoms with Crippen molar-refractivity contribution in [2.45, 2.75) is 0 Å². The van der Waals surface area contributed by atoms with E-state index in [1.165, 1.54) is 10.9 Å². The molecule has 0 spiro atoms. The lowest BCUT2D eigenvalue weighted by atomic mass is 9.36. The molecule has 0 saturated heterocycles. The van der Waals surface area contributed by atoms with Gasteiger partial charge in [0, 0.05) is 5.39 Å². The molecule has 0 aliphatic carbocycles. The van der Waals surface area contributed by atoms with Gasteiger partial charge in [-0.1, -0.05) is 78.3 Å². The first kappa shape index (κ1) is 17.7. The van der Waals surface area contributed by atoms with Gasteiger partial charge in [-0.15, -0.1) is 0 Å². The van der Waals surface area contributed by atoms with Crippen molar-refractivity contribution in [3.63, 3.8) is 0 Å². The number of hydrogen-bond donors (Lipinski definition) is 0. The molecular formula is C29H16BN3O2. The molecule has 0 atom stereocenters. The van der Waals surface area contributed by atoms with Crippen LogP contribution in [-0.2, 0) is 0 Å². The normalized spacial score (nSPS) is 13.2. The first-order valence-corrected chi connectivity index (χ1v) is 11.8. The van der Waals surface area contributed by atoms with Gasteiger partial charge in [0.2, 0.25) is 6.71 Å². The SMILES string of the molecule is O=c1n2c3ccccc3c3c2n2c4c(cccc4oc4c5ccccc5n1c42)B3c1ccccc1. The van der Waals surface area contributed by atoms with Crippen LogP contribution in [0.3, 0.4) is 0 Å². The lowest BCUT2D eigenvalue weighted by molar-refractivity contribution is 0.657. The van der Waals surface area contributed by atoms with Crippen molar-refractivity contribution in [1.82, 2.24) is 13.2 Å². The minimum atomic E-state index is -0.0746. The predicted molar refractivity (Wildman–Crippen MR) is 141 cm³/mol. The molecule has 0 unspecified atom stereocenters. The Labute approximate surface area is 198 Å². The summed E-state index contributed by atoms with van der Waals surface area (Å²) in [7, 11) is 0. The highest BCUT2D eigenvalue weighted by atomic mass is 16.3. The summed E-state index contributed by atoms with van der Waals surface area (Å²) in [5.74, 6) is 0.